The second-order valence-corrected chi connectivity index (χ2v) is 5.19. The summed E-state index contributed by atoms with van der Waals surface area (Å²) in [5.41, 5.74) is 1.16. The Balaban J connectivity index is 1.83. The Labute approximate surface area is 115 Å². The van der Waals surface area contributed by atoms with Crippen LogP contribution in [-0.2, 0) is 13.1 Å². The summed E-state index contributed by atoms with van der Waals surface area (Å²) in [6.07, 6.45) is 0. The summed E-state index contributed by atoms with van der Waals surface area (Å²) in [6, 6.07) is 11.3. The lowest BCUT2D eigenvalue weighted by Crippen LogP contribution is -2.11. The van der Waals surface area contributed by atoms with E-state index in [-0.39, 0.29) is 0 Å². The molecular weight excluding hydrogens is 262 g/mol. The molecule has 1 aromatic carbocycles. The molecule has 0 bridgehead atoms. The fourth-order valence-corrected chi connectivity index (χ4v) is 2.48. The number of hydrogen-bond acceptors (Lipinski definition) is 4. The highest BCUT2D eigenvalue weighted by Gasteiger charge is 2.06. The van der Waals surface area contributed by atoms with Crippen LogP contribution in [0.1, 0.15) is 20.1 Å². The fourth-order valence-electron chi connectivity index (χ4n) is 1.66. The second-order valence-electron chi connectivity index (χ2n) is 4.02. The molecule has 0 spiro atoms. The second kappa shape index (κ2) is 6.36. The van der Waals surface area contributed by atoms with Gasteiger partial charge in [0.05, 0.1) is 7.11 Å². The maximum absolute atomic E-state index is 10.7. The van der Waals surface area contributed by atoms with Crippen molar-refractivity contribution < 1.29 is 14.6 Å². The number of carboxylic acid groups (broad SMARTS) is 1. The molecule has 0 aliphatic heterocycles. The minimum absolute atomic E-state index is 0.376. The van der Waals surface area contributed by atoms with Gasteiger partial charge in [-0.25, -0.2) is 4.79 Å². The molecule has 0 saturated heterocycles. The van der Waals surface area contributed by atoms with Crippen LogP contribution in [0.15, 0.2) is 36.4 Å². The Morgan fingerprint density at radius 1 is 1.21 bits per heavy atom. The van der Waals surface area contributed by atoms with Gasteiger partial charge in [-0.2, -0.15) is 0 Å². The predicted octanol–water partition coefficient (Wildman–Crippen LogP) is 2.74. The first-order chi connectivity index (χ1) is 9.19. The summed E-state index contributed by atoms with van der Waals surface area (Å²) in [5, 5.41) is 12.1. The summed E-state index contributed by atoms with van der Waals surface area (Å²) >= 11 is 1.30. The SMILES string of the molecule is COc1ccc(CNCc2ccc(C(=O)O)s2)cc1. The third-order valence-electron chi connectivity index (χ3n) is 2.66. The lowest BCUT2D eigenvalue weighted by molar-refractivity contribution is 0.0702. The fraction of sp³-hybridized carbons (Fsp3) is 0.214. The van der Waals surface area contributed by atoms with Crippen molar-refractivity contribution in [2.45, 2.75) is 13.1 Å². The van der Waals surface area contributed by atoms with Gasteiger partial charge in [-0.3, -0.25) is 0 Å². The quantitative estimate of drug-likeness (QED) is 0.852. The Kier molecular flexibility index (Phi) is 4.54. The molecule has 0 atom stereocenters. The van der Waals surface area contributed by atoms with Gasteiger partial charge in [-0.15, -0.1) is 11.3 Å². The van der Waals surface area contributed by atoms with Crippen molar-refractivity contribution in [3.63, 3.8) is 0 Å². The zero-order chi connectivity index (χ0) is 13.7. The van der Waals surface area contributed by atoms with Crippen molar-refractivity contribution in [1.29, 1.82) is 0 Å². The van der Waals surface area contributed by atoms with Gasteiger partial charge in [-0.05, 0) is 29.8 Å². The molecule has 0 aliphatic carbocycles. The van der Waals surface area contributed by atoms with Gasteiger partial charge >= 0.3 is 5.97 Å². The zero-order valence-electron chi connectivity index (χ0n) is 10.6. The maximum Gasteiger partial charge on any atom is 0.345 e. The monoisotopic (exact) mass is 277 g/mol. The Morgan fingerprint density at radius 2 is 1.95 bits per heavy atom. The van der Waals surface area contributed by atoms with Crippen LogP contribution < -0.4 is 10.1 Å². The average molecular weight is 277 g/mol. The third kappa shape index (κ3) is 3.81. The highest BCUT2D eigenvalue weighted by molar-refractivity contribution is 7.13. The van der Waals surface area contributed by atoms with Crippen LogP contribution in [0.4, 0.5) is 0 Å². The van der Waals surface area contributed by atoms with Crippen LogP contribution in [-0.4, -0.2) is 18.2 Å². The molecule has 5 heteroatoms. The van der Waals surface area contributed by atoms with Crippen LogP contribution in [0.5, 0.6) is 5.75 Å². The topological polar surface area (TPSA) is 58.6 Å². The molecule has 2 aromatic rings. The number of rotatable bonds is 6. The van der Waals surface area contributed by atoms with Gasteiger partial charge in [-0.1, -0.05) is 12.1 Å². The molecule has 0 fully saturated rings. The number of methoxy groups -OCH3 is 1. The van der Waals surface area contributed by atoms with Crippen molar-refractivity contribution in [3.05, 3.63) is 51.7 Å². The van der Waals surface area contributed by atoms with Crippen LogP contribution >= 0.6 is 11.3 Å². The van der Waals surface area contributed by atoms with Gasteiger partial charge in [0.15, 0.2) is 0 Å². The Bertz CT molecular complexity index is 548. The van der Waals surface area contributed by atoms with Crippen LogP contribution in [0.3, 0.4) is 0 Å². The Morgan fingerprint density at radius 3 is 2.53 bits per heavy atom. The largest absolute Gasteiger partial charge is 0.497 e. The number of thiophene rings is 1. The number of carboxylic acids is 1. The molecule has 1 aromatic heterocycles. The van der Waals surface area contributed by atoms with Crippen LogP contribution in [0.25, 0.3) is 0 Å². The Hall–Kier alpha value is -1.85. The minimum Gasteiger partial charge on any atom is -0.497 e. The molecule has 0 aliphatic rings. The molecule has 100 valence electrons. The van der Waals surface area contributed by atoms with Crippen molar-refractivity contribution in [2.75, 3.05) is 7.11 Å². The van der Waals surface area contributed by atoms with E-state index in [1.54, 1.807) is 13.2 Å². The molecule has 1 heterocycles. The molecule has 0 radical (unpaired) electrons. The minimum atomic E-state index is -0.869. The van der Waals surface area contributed by atoms with Gasteiger partial charge in [0.1, 0.15) is 10.6 Å². The summed E-state index contributed by atoms with van der Waals surface area (Å²) in [7, 11) is 1.64. The van der Waals surface area contributed by atoms with Crippen molar-refractivity contribution >= 4 is 17.3 Å². The van der Waals surface area contributed by atoms with Crippen molar-refractivity contribution in [3.8, 4) is 5.75 Å². The molecule has 4 nitrogen and oxygen atoms in total. The molecule has 2 rings (SSSR count). The highest BCUT2D eigenvalue weighted by Crippen LogP contribution is 2.16. The number of ether oxygens (including phenoxy) is 1. The summed E-state index contributed by atoms with van der Waals surface area (Å²) in [6.45, 7) is 1.41. The number of hydrogen-bond donors (Lipinski definition) is 2. The molecule has 19 heavy (non-hydrogen) atoms. The number of nitrogens with one attached hydrogen (secondary N) is 1. The van der Waals surface area contributed by atoms with Crippen LogP contribution in [0.2, 0.25) is 0 Å². The molecule has 0 saturated carbocycles. The van der Waals surface area contributed by atoms with Gasteiger partial charge in [0.2, 0.25) is 0 Å². The predicted molar refractivity (Wildman–Crippen MR) is 74.8 cm³/mol. The smallest absolute Gasteiger partial charge is 0.345 e. The average Bonchev–Trinajstić information content (AvgIpc) is 2.89. The number of carbonyl (C=O) groups is 1. The van der Waals surface area contributed by atoms with E-state index >= 15 is 0 Å². The van der Waals surface area contributed by atoms with E-state index in [9.17, 15) is 4.79 Å². The van der Waals surface area contributed by atoms with E-state index in [0.717, 1.165) is 22.7 Å². The summed E-state index contributed by atoms with van der Waals surface area (Å²) in [4.78, 5) is 12.1. The lowest BCUT2D eigenvalue weighted by atomic mass is 10.2. The summed E-state index contributed by atoms with van der Waals surface area (Å²) in [5.74, 6) is -0.0282. The number of aromatic carboxylic acids is 1. The van der Waals surface area contributed by atoms with E-state index in [0.29, 0.717) is 11.4 Å². The lowest BCUT2D eigenvalue weighted by Gasteiger charge is -2.04. The van der Waals surface area contributed by atoms with Crippen LogP contribution in [0, 0.1) is 0 Å². The van der Waals surface area contributed by atoms with E-state index < -0.39 is 5.97 Å². The molecule has 0 amide bonds. The highest BCUT2D eigenvalue weighted by atomic mass is 32.1. The molecular formula is C14H15NO3S. The third-order valence-corrected chi connectivity index (χ3v) is 3.73. The number of benzene rings is 1. The normalized spacial score (nSPS) is 10.4. The first kappa shape index (κ1) is 13.6. The van der Waals surface area contributed by atoms with E-state index in [4.69, 9.17) is 9.84 Å². The van der Waals surface area contributed by atoms with Gasteiger partial charge < -0.3 is 15.2 Å². The maximum atomic E-state index is 10.7. The van der Waals surface area contributed by atoms with Gasteiger partial charge in [0, 0.05) is 18.0 Å². The van der Waals surface area contributed by atoms with E-state index in [1.165, 1.54) is 11.3 Å². The first-order valence-corrected chi connectivity index (χ1v) is 6.66. The first-order valence-electron chi connectivity index (χ1n) is 5.84. The molecule has 2 N–H and O–H groups in total. The van der Waals surface area contributed by atoms with Gasteiger partial charge in [0.25, 0.3) is 0 Å². The molecule has 0 unspecified atom stereocenters. The van der Waals surface area contributed by atoms with Crippen molar-refractivity contribution in [2.24, 2.45) is 0 Å². The zero-order valence-corrected chi connectivity index (χ0v) is 11.4. The standard InChI is InChI=1S/C14H15NO3S/c1-18-11-4-2-10(3-5-11)8-15-9-12-6-7-13(19-12)14(16)17/h2-7,15H,8-9H2,1H3,(H,16,17). The summed E-state index contributed by atoms with van der Waals surface area (Å²) < 4.78 is 5.09. The van der Waals surface area contributed by atoms with Crippen molar-refractivity contribution in [1.82, 2.24) is 5.32 Å². The van der Waals surface area contributed by atoms with E-state index in [2.05, 4.69) is 5.32 Å². The van der Waals surface area contributed by atoms with E-state index in [1.807, 2.05) is 30.3 Å².